The summed E-state index contributed by atoms with van der Waals surface area (Å²) in [5.41, 5.74) is 1.73. The van der Waals surface area contributed by atoms with Gasteiger partial charge in [0, 0.05) is 11.6 Å². The molecule has 0 bridgehead atoms. The molecule has 0 aliphatic rings. The molecule has 0 aliphatic heterocycles. The molecule has 8 heteroatoms. The minimum absolute atomic E-state index is 0.117. The average Bonchev–Trinajstić information content (AvgIpc) is 2.83. The van der Waals surface area contributed by atoms with E-state index < -0.39 is 10.0 Å². The van der Waals surface area contributed by atoms with E-state index in [4.69, 9.17) is 9.47 Å². The van der Waals surface area contributed by atoms with Crippen molar-refractivity contribution in [2.45, 2.75) is 30.8 Å². The Labute approximate surface area is 194 Å². The minimum atomic E-state index is -3.71. The van der Waals surface area contributed by atoms with E-state index in [1.165, 1.54) is 24.3 Å². The van der Waals surface area contributed by atoms with Gasteiger partial charge in [0.25, 0.3) is 5.91 Å². The van der Waals surface area contributed by atoms with Crippen molar-refractivity contribution in [3.8, 4) is 11.5 Å². The van der Waals surface area contributed by atoms with Crippen LogP contribution in [0.3, 0.4) is 0 Å². The fourth-order valence-electron chi connectivity index (χ4n) is 3.36. The number of hydrogen-bond acceptors (Lipinski definition) is 5. The first-order valence-corrected chi connectivity index (χ1v) is 12.0. The lowest BCUT2D eigenvalue weighted by Crippen LogP contribution is -2.31. The first kappa shape index (κ1) is 24.3. The van der Waals surface area contributed by atoms with Gasteiger partial charge in [-0.25, -0.2) is 13.1 Å². The molecule has 0 heterocycles. The Morgan fingerprint density at radius 1 is 0.879 bits per heavy atom. The highest BCUT2D eigenvalue weighted by molar-refractivity contribution is 7.89. The third kappa shape index (κ3) is 6.57. The average molecular weight is 469 g/mol. The second kappa shape index (κ2) is 11.0. The lowest BCUT2D eigenvalue weighted by molar-refractivity contribution is -0.123. The Hall–Kier alpha value is -3.36. The Kier molecular flexibility index (Phi) is 8.08. The van der Waals surface area contributed by atoms with Gasteiger partial charge in [-0.2, -0.15) is 0 Å². The van der Waals surface area contributed by atoms with Gasteiger partial charge in [0.2, 0.25) is 10.0 Å². The first-order valence-electron chi connectivity index (χ1n) is 10.5. The topological polar surface area (TPSA) is 93.7 Å². The number of sulfonamides is 1. The van der Waals surface area contributed by atoms with E-state index in [9.17, 15) is 13.2 Å². The number of amides is 1. The third-order valence-electron chi connectivity index (χ3n) is 5.12. The molecule has 0 aromatic heterocycles. The molecule has 0 spiro atoms. The molecule has 2 atom stereocenters. The zero-order valence-electron chi connectivity index (χ0n) is 18.8. The van der Waals surface area contributed by atoms with Gasteiger partial charge >= 0.3 is 0 Å². The quantitative estimate of drug-likeness (QED) is 0.469. The van der Waals surface area contributed by atoms with Crippen LogP contribution in [0.2, 0.25) is 0 Å². The molecule has 0 fully saturated rings. The minimum Gasteiger partial charge on any atom is -0.496 e. The van der Waals surface area contributed by atoms with E-state index in [1.54, 1.807) is 14.0 Å². The van der Waals surface area contributed by atoms with Crippen molar-refractivity contribution in [1.82, 2.24) is 10.0 Å². The third-order valence-corrected chi connectivity index (χ3v) is 6.68. The molecular formula is C25H28N2O5S. The molecule has 2 N–H and O–H groups in total. The van der Waals surface area contributed by atoms with Gasteiger partial charge < -0.3 is 14.8 Å². The van der Waals surface area contributed by atoms with Crippen LogP contribution in [0.4, 0.5) is 0 Å². The number of carbonyl (C=O) groups is 1. The predicted molar refractivity (Wildman–Crippen MR) is 127 cm³/mol. The highest BCUT2D eigenvalue weighted by Crippen LogP contribution is 2.24. The Balaban J connectivity index is 1.55. The van der Waals surface area contributed by atoms with E-state index >= 15 is 0 Å². The van der Waals surface area contributed by atoms with Crippen LogP contribution in [0, 0.1) is 0 Å². The number of carbonyl (C=O) groups excluding carboxylic acids is 1. The van der Waals surface area contributed by atoms with Crippen molar-refractivity contribution in [3.63, 3.8) is 0 Å². The number of para-hydroxylation sites is 1. The van der Waals surface area contributed by atoms with Crippen LogP contribution in [0.15, 0.2) is 83.8 Å². The molecule has 3 aromatic carbocycles. The lowest BCUT2D eigenvalue weighted by Gasteiger charge is -2.17. The van der Waals surface area contributed by atoms with Crippen LogP contribution >= 0.6 is 0 Å². The smallest absolute Gasteiger partial charge is 0.258 e. The number of rotatable bonds is 10. The van der Waals surface area contributed by atoms with Gasteiger partial charge in [-0.3, -0.25) is 4.79 Å². The van der Waals surface area contributed by atoms with E-state index in [0.717, 1.165) is 11.1 Å². The van der Waals surface area contributed by atoms with Gasteiger partial charge in [-0.15, -0.1) is 0 Å². The molecule has 33 heavy (non-hydrogen) atoms. The van der Waals surface area contributed by atoms with Gasteiger partial charge in [0.1, 0.15) is 11.5 Å². The van der Waals surface area contributed by atoms with Crippen LogP contribution < -0.4 is 19.5 Å². The molecule has 0 saturated carbocycles. The number of benzene rings is 3. The van der Waals surface area contributed by atoms with Crippen molar-refractivity contribution in [1.29, 1.82) is 0 Å². The van der Waals surface area contributed by atoms with Crippen LogP contribution in [-0.2, 0) is 14.8 Å². The van der Waals surface area contributed by atoms with Gasteiger partial charge in [-0.05, 0) is 49.7 Å². The summed E-state index contributed by atoms with van der Waals surface area (Å²) in [6, 6.07) is 22.1. The Bertz CT molecular complexity index is 1160. The zero-order valence-corrected chi connectivity index (χ0v) is 19.6. The molecule has 174 valence electrons. The second-order valence-corrected chi connectivity index (χ2v) is 9.26. The number of methoxy groups -OCH3 is 1. The van der Waals surface area contributed by atoms with Crippen LogP contribution in [0.1, 0.15) is 37.1 Å². The maximum Gasteiger partial charge on any atom is 0.258 e. The number of nitrogens with one attached hydrogen (secondary N) is 2. The van der Waals surface area contributed by atoms with Crippen molar-refractivity contribution in [2.75, 3.05) is 13.7 Å². The standard InChI is InChI=1S/C25H28N2O5S/c1-18(20-9-5-4-6-10-20)27-33(29,30)22-15-13-21(14-16-22)32-17-25(28)26-19(2)23-11-7-8-12-24(23)31-3/h4-16,18-19,27H,17H2,1-3H3,(H,26,28)/t18-,19+/m0/s1. The van der Waals surface area contributed by atoms with E-state index in [1.807, 2.05) is 61.5 Å². The highest BCUT2D eigenvalue weighted by atomic mass is 32.2. The van der Waals surface area contributed by atoms with Crippen molar-refractivity contribution in [2.24, 2.45) is 0 Å². The molecule has 0 aliphatic carbocycles. The van der Waals surface area contributed by atoms with Crippen LogP contribution in [0.25, 0.3) is 0 Å². The zero-order chi connectivity index (χ0) is 23.8. The summed E-state index contributed by atoms with van der Waals surface area (Å²) in [7, 11) is -2.12. The lowest BCUT2D eigenvalue weighted by atomic mass is 10.1. The molecule has 1 amide bonds. The molecular weight excluding hydrogens is 440 g/mol. The summed E-state index contributed by atoms with van der Waals surface area (Å²) in [6.45, 7) is 3.45. The Morgan fingerprint density at radius 2 is 1.52 bits per heavy atom. The fourth-order valence-corrected chi connectivity index (χ4v) is 4.59. The van der Waals surface area contributed by atoms with Gasteiger partial charge in [-0.1, -0.05) is 48.5 Å². The Morgan fingerprint density at radius 3 is 2.18 bits per heavy atom. The molecule has 3 rings (SSSR count). The summed E-state index contributed by atoms with van der Waals surface area (Å²) >= 11 is 0. The normalized spacial score (nSPS) is 13.1. The largest absolute Gasteiger partial charge is 0.496 e. The molecule has 7 nitrogen and oxygen atoms in total. The van der Waals surface area contributed by atoms with Crippen molar-refractivity contribution in [3.05, 3.63) is 90.0 Å². The maximum atomic E-state index is 12.7. The van der Waals surface area contributed by atoms with Crippen molar-refractivity contribution >= 4 is 15.9 Å². The summed E-state index contributed by atoms with van der Waals surface area (Å²) in [5, 5.41) is 2.86. The monoisotopic (exact) mass is 468 g/mol. The summed E-state index contributed by atoms with van der Waals surface area (Å²) in [5.74, 6) is 0.784. The first-order chi connectivity index (χ1) is 15.8. The molecule has 3 aromatic rings. The van der Waals surface area contributed by atoms with Crippen molar-refractivity contribution < 1.29 is 22.7 Å². The molecule has 0 radical (unpaired) electrons. The molecule has 0 unspecified atom stereocenters. The van der Waals surface area contributed by atoms with E-state index in [2.05, 4.69) is 10.0 Å². The highest BCUT2D eigenvalue weighted by Gasteiger charge is 2.19. The summed E-state index contributed by atoms with van der Waals surface area (Å²) in [6.07, 6.45) is 0. The fraction of sp³-hybridized carbons (Fsp3) is 0.240. The SMILES string of the molecule is COc1ccccc1[C@@H](C)NC(=O)COc1ccc(S(=O)(=O)N[C@@H](C)c2ccccc2)cc1. The summed E-state index contributed by atoms with van der Waals surface area (Å²) in [4.78, 5) is 12.4. The maximum absolute atomic E-state index is 12.7. The predicted octanol–water partition coefficient (Wildman–Crippen LogP) is 3.99. The number of ether oxygens (including phenoxy) is 2. The van der Waals surface area contributed by atoms with E-state index in [0.29, 0.717) is 11.5 Å². The van der Waals surface area contributed by atoms with Gasteiger partial charge in [0.15, 0.2) is 6.61 Å². The second-order valence-electron chi connectivity index (χ2n) is 7.54. The molecule has 0 saturated heterocycles. The summed E-state index contributed by atoms with van der Waals surface area (Å²) < 4.78 is 38.9. The van der Waals surface area contributed by atoms with Crippen LogP contribution in [-0.4, -0.2) is 28.0 Å². The van der Waals surface area contributed by atoms with Gasteiger partial charge in [0.05, 0.1) is 18.0 Å². The number of hydrogen-bond donors (Lipinski definition) is 2. The van der Waals surface area contributed by atoms with Crippen LogP contribution in [0.5, 0.6) is 11.5 Å². The van der Waals surface area contributed by atoms with E-state index in [-0.39, 0.29) is 29.5 Å².